The Morgan fingerprint density at radius 2 is 2.08 bits per heavy atom. The Kier molecular flexibility index (Phi) is 5.45. The number of rotatable bonds is 5. The van der Waals surface area contributed by atoms with Gasteiger partial charge in [-0.3, -0.25) is 5.41 Å². The van der Waals surface area contributed by atoms with E-state index in [0.29, 0.717) is 5.92 Å². The normalized spacial score (nSPS) is 13.0. The van der Waals surface area contributed by atoms with Crippen LogP contribution in [0.4, 0.5) is 0 Å². The van der Waals surface area contributed by atoms with E-state index in [1.807, 2.05) is 0 Å². The summed E-state index contributed by atoms with van der Waals surface area (Å²) in [6, 6.07) is 0.263. The van der Waals surface area contributed by atoms with Gasteiger partial charge in [0.1, 0.15) is 0 Å². The maximum absolute atomic E-state index is 6.90. The molecule has 0 saturated carbocycles. The molecule has 0 aliphatic heterocycles. The molecule has 0 aliphatic rings. The van der Waals surface area contributed by atoms with Gasteiger partial charge < -0.3 is 16.8 Å². The zero-order valence-corrected chi connectivity index (χ0v) is 7.93. The first-order valence-corrected chi connectivity index (χ1v) is 4.37. The van der Waals surface area contributed by atoms with Crippen molar-refractivity contribution in [3.05, 3.63) is 0 Å². The average molecular weight is 172 g/mol. The molecule has 0 aliphatic carbocycles. The summed E-state index contributed by atoms with van der Waals surface area (Å²) in [5, 5.41) is 9.65. The second kappa shape index (κ2) is 5.83. The minimum Gasteiger partial charge on any atom is -0.370 e. The summed E-state index contributed by atoms with van der Waals surface area (Å²) in [4.78, 5) is 0. The molecule has 0 amide bonds. The molecule has 0 saturated heterocycles. The molecule has 0 bridgehead atoms. The highest BCUT2D eigenvalue weighted by atomic mass is 15.0. The topological polar surface area (TPSA) is 87.9 Å². The predicted molar refractivity (Wildman–Crippen MR) is 52.0 cm³/mol. The van der Waals surface area contributed by atoms with Crippen molar-refractivity contribution in [1.29, 1.82) is 5.41 Å². The van der Waals surface area contributed by atoms with Crippen molar-refractivity contribution in [1.82, 2.24) is 5.32 Å². The lowest BCUT2D eigenvalue weighted by atomic mass is 10.0. The largest absolute Gasteiger partial charge is 0.370 e. The summed E-state index contributed by atoms with van der Waals surface area (Å²) in [5.41, 5.74) is 10.9. The van der Waals surface area contributed by atoms with Gasteiger partial charge in [0.2, 0.25) is 0 Å². The van der Waals surface area contributed by atoms with Gasteiger partial charge in [0.15, 0.2) is 5.96 Å². The molecule has 0 spiro atoms. The SMILES string of the molecule is CC(C)C(N)CCCNC(=N)N. The van der Waals surface area contributed by atoms with Gasteiger partial charge in [0.25, 0.3) is 0 Å². The van der Waals surface area contributed by atoms with Crippen LogP contribution in [-0.2, 0) is 0 Å². The highest BCUT2D eigenvalue weighted by Crippen LogP contribution is 2.04. The Bertz CT molecular complexity index is 133. The van der Waals surface area contributed by atoms with Crippen molar-refractivity contribution >= 4 is 5.96 Å². The molecule has 1 unspecified atom stereocenters. The summed E-state index contributed by atoms with van der Waals surface area (Å²) in [7, 11) is 0. The van der Waals surface area contributed by atoms with Gasteiger partial charge in [-0.05, 0) is 18.8 Å². The van der Waals surface area contributed by atoms with Crippen LogP contribution in [0, 0.1) is 11.3 Å². The molecule has 72 valence electrons. The summed E-state index contributed by atoms with van der Waals surface area (Å²) in [5.74, 6) is 0.565. The van der Waals surface area contributed by atoms with E-state index in [1.165, 1.54) is 0 Å². The van der Waals surface area contributed by atoms with Crippen LogP contribution in [0.2, 0.25) is 0 Å². The van der Waals surface area contributed by atoms with Gasteiger partial charge in [-0.15, -0.1) is 0 Å². The quantitative estimate of drug-likeness (QED) is 0.272. The predicted octanol–water partition coefficient (Wildman–Crippen LogP) is 0.233. The number of hydrogen-bond donors (Lipinski definition) is 4. The molecular weight excluding hydrogens is 152 g/mol. The van der Waals surface area contributed by atoms with E-state index >= 15 is 0 Å². The van der Waals surface area contributed by atoms with Gasteiger partial charge in [-0.2, -0.15) is 0 Å². The molecule has 12 heavy (non-hydrogen) atoms. The second-order valence-corrected chi connectivity index (χ2v) is 3.39. The minimum absolute atomic E-state index is 0.0353. The van der Waals surface area contributed by atoms with Crippen LogP contribution in [0.5, 0.6) is 0 Å². The van der Waals surface area contributed by atoms with Crippen molar-refractivity contribution in [2.24, 2.45) is 17.4 Å². The van der Waals surface area contributed by atoms with E-state index in [0.717, 1.165) is 19.4 Å². The Balaban J connectivity index is 3.25. The fourth-order valence-electron chi connectivity index (χ4n) is 0.894. The van der Waals surface area contributed by atoms with Gasteiger partial charge in [-0.25, -0.2) is 0 Å². The highest BCUT2D eigenvalue weighted by Gasteiger charge is 2.05. The Labute approximate surface area is 74.2 Å². The van der Waals surface area contributed by atoms with Crippen molar-refractivity contribution in [3.63, 3.8) is 0 Å². The Morgan fingerprint density at radius 3 is 2.50 bits per heavy atom. The lowest BCUT2D eigenvalue weighted by Gasteiger charge is -2.15. The van der Waals surface area contributed by atoms with Crippen LogP contribution in [0.25, 0.3) is 0 Å². The molecule has 0 aromatic heterocycles. The molecule has 0 fully saturated rings. The van der Waals surface area contributed by atoms with E-state index in [9.17, 15) is 0 Å². The first-order valence-electron chi connectivity index (χ1n) is 4.37. The number of nitrogens with two attached hydrogens (primary N) is 2. The summed E-state index contributed by atoms with van der Waals surface area (Å²) in [6.45, 7) is 4.97. The molecule has 0 radical (unpaired) electrons. The molecule has 0 heterocycles. The third kappa shape index (κ3) is 5.97. The van der Waals surface area contributed by atoms with Crippen LogP contribution in [0.15, 0.2) is 0 Å². The zero-order valence-electron chi connectivity index (χ0n) is 7.93. The third-order valence-electron chi connectivity index (χ3n) is 1.89. The van der Waals surface area contributed by atoms with Crippen LogP contribution in [0.3, 0.4) is 0 Å². The van der Waals surface area contributed by atoms with Crippen LogP contribution < -0.4 is 16.8 Å². The molecule has 0 rings (SSSR count). The molecule has 4 nitrogen and oxygen atoms in total. The highest BCUT2D eigenvalue weighted by molar-refractivity contribution is 5.74. The van der Waals surface area contributed by atoms with Gasteiger partial charge >= 0.3 is 0 Å². The standard InChI is InChI=1S/C8H20N4/c1-6(2)7(9)4-3-5-12-8(10)11/h6-7H,3-5,9H2,1-2H3,(H4,10,11,12). The van der Waals surface area contributed by atoms with E-state index in [2.05, 4.69) is 19.2 Å². The Morgan fingerprint density at radius 1 is 1.50 bits per heavy atom. The zero-order chi connectivity index (χ0) is 9.56. The smallest absolute Gasteiger partial charge is 0.185 e. The fraction of sp³-hybridized carbons (Fsp3) is 0.875. The summed E-state index contributed by atoms with van der Waals surface area (Å²) < 4.78 is 0. The van der Waals surface area contributed by atoms with E-state index < -0.39 is 0 Å². The summed E-state index contributed by atoms with van der Waals surface area (Å²) in [6.07, 6.45) is 1.96. The number of hydrogen-bond acceptors (Lipinski definition) is 2. The first kappa shape index (κ1) is 11.2. The fourth-order valence-corrected chi connectivity index (χ4v) is 0.894. The van der Waals surface area contributed by atoms with E-state index in [-0.39, 0.29) is 12.0 Å². The monoisotopic (exact) mass is 172 g/mol. The molecular formula is C8H20N4. The molecule has 0 aromatic carbocycles. The molecule has 0 aromatic rings. The average Bonchev–Trinajstić information content (AvgIpc) is 1.97. The maximum atomic E-state index is 6.90. The van der Waals surface area contributed by atoms with E-state index in [1.54, 1.807) is 0 Å². The van der Waals surface area contributed by atoms with Crippen molar-refractivity contribution in [2.45, 2.75) is 32.7 Å². The van der Waals surface area contributed by atoms with Crippen molar-refractivity contribution < 1.29 is 0 Å². The lowest BCUT2D eigenvalue weighted by Crippen LogP contribution is -2.33. The molecule has 4 heteroatoms. The van der Waals surface area contributed by atoms with E-state index in [4.69, 9.17) is 16.9 Å². The van der Waals surface area contributed by atoms with Crippen LogP contribution in [-0.4, -0.2) is 18.5 Å². The summed E-state index contributed by atoms with van der Waals surface area (Å²) >= 11 is 0. The van der Waals surface area contributed by atoms with Gasteiger partial charge in [0, 0.05) is 12.6 Å². The lowest BCUT2D eigenvalue weighted by molar-refractivity contribution is 0.451. The van der Waals surface area contributed by atoms with Gasteiger partial charge in [0.05, 0.1) is 0 Å². The number of nitrogens with one attached hydrogen (secondary N) is 2. The first-order chi connectivity index (χ1) is 5.54. The van der Waals surface area contributed by atoms with Crippen LogP contribution in [0.1, 0.15) is 26.7 Å². The molecule has 1 atom stereocenters. The number of guanidine groups is 1. The van der Waals surface area contributed by atoms with Crippen molar-refractivity contribution in [3.8, 4) is 0 Å². The third-order valence-corrected chi connectivity index (χ3v) is 1.89. The maximum Gasteiger partial charge on any atom is 0.185 e. The second-order valence-electron chi connectivity index (χ2n) is 3.39. The molecule has 6 N–H and O–H groups in total. The minimum atomic E-state index is 0.0353. The van der Waals surface area contributed by atoms with Crippen molar-refractivity contribution in [2.75, 3.05) is 6.54 Å². The van der Waals surface area contributed by atoms with Crippen LogP contribution >= 0.6 is 0 Å². The van der Waals surface area contributed by atoms with Gasteiger partial charge in [-0.1, -0.05) is 13.8 Å². The Hall–Kier alpha value is -0.770.